The Labute approximate surface area is 90.2 Å². The van der Waals surface area contributed by atoms with E-state index < -0.39 is 18.2 Å². The number of carboxylic acids is 1. The number of aromatic nitrogens is 3. The van der Waals surface area contributed by atoms with Crippen molar-refractivity contribution in [1.29, 1.82) is 0 Å². The Morgan fingerprint density at radius 2 is 2.06 bits per heavy atom. The van der Waals surface area contributed by atoms with Gasteiger partial charge in [-0.2, -0.15) is 0 Å². The standard InChI is InChI=1S/C10H9N3O3/c14-8(15)6-13-10(16)11-9(12-13)7-4-2-1-3-5-7/h1-5H,6H2,(H,14,15)(H,11,12,16). The summed E-state index contributed by atoms with van der Waals surface area (Å²) in [5.41, 5.74) is 0.213. The van der Waals surface area contributed by atoms with E-state index in [1.54, 1.807) is 12.1 Å². The molecule has 2 aromatic rings. The van der Waals surface area contributed by atoms with E-state index in [0.717, 1.165) is 10.2 Å². The van der Waals surface area contributed by atoms with E-state index in [1.165, 1.54) is 0 Å². The molecule has 0 unspecified atom stereocenters. The number of benzene rings is 1. The Morgan fingerprint density at radius 1 is 1.38 bits per heavy atom. The van der Waals surface area contributed by atoms with Gasteiger partial charge in [0.05, 0.1) is 0 Å². The zero-order valence-corrected chi connectivity index (χ0v) is 8.25. The van der Waals surface area contributed by atoms with Crippen LogP contribution in [0.15, 0.2) is 35.1 Å². The van der Waals surface area contributed by atoms with Crippen LogP contribution >= 0.6 is 0 Å². The summed E-state index contributed by atoms with van der Waals surface area (Å²) in [6, 6.07) is 9.02. The fourth-order valence-corrected chi connectivity index (χ4v) is 1.32. The second kappa shape index (κ2) is 4.01. The van der Waals surface area contributed by atoms with Gasteiger partial charge in [-0.15, -0.1) is 5.10 Å². The lowest BCUT2D eigenvalue weighted by Crippen LogP contribution is -2.22. The summed E-state index contributed by atoms with van der Waals surface area (Å²) in [6.07, 6.45) is 0. The van der Waals surface area contributed by atoms with Crippen LogP contribution in [0.4, 0.5) is 0 Å². The second-order valence-electron chi connectivity index (χ2n) is 3.20. The summed E-state index contributed by atoms with van der Waals surface area (Å²) in [4.78, 5) is 24.3. The Kier molecular flexibility index (Phi) is 2.55. The SMILES string of the molecule is O=C(O)Cn1nc(-c2ccccc2)[nH]c1=O. The largest absolute Gasteiger partial charge is 0.480 e. The Bertz CT molecular complexity index is 556. The molecule has 1 aromatic heterocycles. The van der Waals surface area contributed by atoms with Gasteiger partial charge >= 0.3 is 11.7 Å². The summed E-state index contributed by atoms with van der Waals surface area (Å²) in [7, 11) is 0. The van der Waals surface area contributed by atoms with Gasteiger partial charge in [0.25, 0.3) is 0 Å². The van der Waals surface area contributed by atoms with Crippen molar-refractivity contribution in [2.45, 2.75) is 6.54 Å². The van der Waals surface area contributed by atoms with E-state index in [4.69, 9.17) is 5.11 Å². The van der Waals surface area contributed by atoms with E-state index in [0.29, 0.717) is 5.82 Å². The number of hydrogen-bond acceptors (Lipinski definition) is 3. The second-order valence-corrected chi connectivity index (χ2v) is 3.20. The number of nitrogens with zero attached hydrogens (tertiary/aromatic N) is 2. The average Bonchev–Trinajstić information content (AvgIpc) is 2.61. The number of aliphatic carboxylic acids is 1. The fourth-order valence-electron chi connectivity index (χ4n) is 1.32. The molecule has 0 spiro atoms. The quantitative estimate of drug-likeness (QED) is 0.778. The van der Waals surface area contributed by atoms with Crippen molar-refractivity contribution in [2.24, 2.45) is 0 Å². The summed E-state index contributed by atoms with van der Waals surface area (Å²) in [6.45, 7) is -0.442. The zero-order valence-electron chi connectivity index (χ0n) is 8.25. The molecule has 0 atom stereocenters. The molecule has 1 aromatic carbocycles. The molecule has 82 valence electrons. The van der Waals surface area contributed by atoms with Gasteiger partial charge in [-0.3, -0.25) is 9.78 Å². The molecule has 0 radical (unpaired) electrons. The Morgan fingerprint density at radius 3 is 2.69 bits per heavy atom. The van der Waals surface area contributed by atoms with Gasteiger partial charge in [-0.1, -0.05) is 30.3 Å². The summed E-state index contributed by atoms with van der Waals surface area (Å²) in [5, 5.41) is 12.4. The van der Waals surface area contributed by atoms with Gasteiger partial charge in [0, 0.05) is 5.56 Å². The number of rotatable bonds is 3. The zero-order chi connectivity index (χ0) is 11.5. The van der Waals surface area contributed by atoms with Crippen molar-refractivity contribution in [3.05, 3.63) is 40.8 Å². The van der Waals surface area contributed by atoms with Crippen molar-refractivity contribution in [1.82, 2.24) is 14.8 Å². The molecule has 2 rings (SSSR count). The van der Waals surface area contributed by atoms with Crippen LogP contribution in [0.5, 0.6) is 0 Å². The van der Waals surface area contributed by atoms with Gasteiger partial charge in [0.2, 0.25) is 0 Å². The molecule has 0 amide bonds. The van der Waals surface area contributed by atoms with Crippen LogP contribution in [0.1, 0.15) is 0 Å². The molecule has 0 aliphatic rings. The van der Waals surface area contributed by atoms with E-state index in [-0.39, 0.29) is 0 Å². The predicted octanol–water partition coefficient (Wildman–Crippen LogP) is 0.323. The molecule has 0 bridgehead atoms. The number of H-pyrrole nitrogens is 1. The monoisotopic (exact) mass is 219 g/mol. The molecule has 6 heteroatoms. The smallest absolute Gasteiger partial charge is 0.344 e. The molecular formula is C10H9N3O3. The van der Waals surface area contributed by atoms with Crippen molar-refractivity contribution >= 4 is 5.97 Å². The van der Waals surface area contributed by atoms with E-state index in [2.05, 4.69) is 10.1 Å². The summed E-state index contributed by atoms with van der Waals surface area (Å²) in [5.74, 6) is -0.736. The molecule has 0 saturated heterocycles. The first kappa shape index (κ1) is 10.2. The average molecular weight is 219 g/mol. The summed E-state index contributed by atoms with van der Waals surface area (Å²) < 4.78 is 0.880. The first-order valence-electron chi connectivity index (χ1n) is 4.61. The van der Waals surface area contributed by atoms with Gasteiger partial charge in [0.15, 0.2) is 5.82 Å². The molecule has 0 aliphatic carbocycles. The maximum absolute atomic E-state index is 11.3. The maximum Gasteiger partial charge on any atom is 0.344 e. The fraction of sp³-hybridized carbons (Fsp3) is 0.100. The van der Waals surface area contributed by atoms with Crippen molar-refractivity contribution in [3.63, 3.8) is 0 Å². The minimum absolute atomic E-state index is 0.367. The van der Waals surface area contributed by atoms with Crippen LogP contribution in [-0.4, -0.2) is 25.8 Å². The number of carboxylic acid groups (broad SMARTS) is 1. The maximum atomic E-state index is 11.3. The first-order chi connectivity index (χ1) is 7.66. The lowest BCUT2D eigenvalue weighted by Gasteiger charge is -1.94. The lowest BCUT2D eigenvalue weighted by atomic mass is 10.2. The minimum atomic E-state index is -1.10. The van der Waals surface area contributed by atoms with E-state index in [1.807, 2.05) is 18.2 Å². The third kappa shape index (κ3) is 2.00. The van der Waals surface area contributed by atoms with E-state index in [9.17, 15) is 9.59 Å². The minimum Gasteiger partial charge on any atom is -0.480 e. The van der Waals surface area contributed by atoms with E-state index >= 15 is 0 Å². The molecule has 1 heterocycles. The molecule has 0 fully saturated rings. The summed E-state index contributed by atoms with van der Waals surface area (Å²) >= 11 is 0. The molecule has 6 nitrogen and oxygen atoms in total. The van der Waals surface area contributed by atoms with Gasteiger partial charge in [-0.25, -0.2) is 9.48 Å². The first-order valence-corrected chi connectivity index (χ1v) is 4.61. The third-order valence-electron chi connectivity index (χ3n) is 2.01. The van der Waals surface area contributed by atoms with Gasteiger partial charge in [-0.05, 0) is 0 Å². The van der Waals surface area contributed by atoms with Crippen LogP contribution in [0.25, 0.3) is 11.4 Å². The van der Waals surface area contributed by atoms with Crippen LogP contribution in [0, 0.1) is 0 Å². The third-order valence-corrected chi connectivity index (χ3v) is 2.01. The Balaban J connectivity index is 2.38. The topological polar surface area (TPSA) is 88.0 Å². The Hall–Kier alpha value is -2.37. The highest BCUT2D eigenvalue weighted by molar-refractivity contribution is 5.66. The van der Waals surface area contributed by atoms with Crippen LogP contribution < -0.4 is 5.69 Å². The van der Waals surface area contributed by atoms with Crippen LogP contribution in [0.2, 0.25) is 0 Å². The molecule has 2 N–H and O–H groups in total. The van der Waals surface area contributed by atoms with Crippen LogP contribution in [0.3, 0.4) is 0 Å². The van der Waals surface area contributed by atoms with Crippen molar-refractivity contribution in [2.75, 3.05) is 0 Å². The molecule has 16 heavy (non-hydrogen) atoms. The number of hydrogen-bond donors (Lipinski definition) is 2. The number of aromatic amines is 1. The predicted molar refractivity (Wildman–Crippen MR) is 55.9 cm³/mol. The lowest BCUT2D eigenvalue weighted by molar-refractivity contribution is -0.137. The molecular weight excluding hydrogens is 210 g/mol. The molecule has 0 aliphatic heterocycles. The van der Waals surface area contributed by atoms with Gasteiger partial charge < -0.3 is 5.11 Å². The highest BCUT2D eigenvalue weighted by Gasteiger charge is 2.08. The van der Waals surface area contributed by atoms with Crippen molar-refractivity contribution in [3.8, 4) is 11.4 Å². The highest BCUT2D eigenvalue weighted by atomic mass is 16.4. The number of carbonyl (C=O) groups is 1. The normalized spacial score (nSPS) is 10.2. The number of nitrogens with one attached hydrogen (secondary N) is 1. The molecule has 0 saturated carbocycles. The van der Waals surface area contributed by atoms with Gasteiger partial charge in [0.1, 0.15) is 6.54 Å². The van der Waals surface area contributed by atoms with Crippen molar-refractivity contribution < 1.29 is 9.90 Å². The van der Waals surface area contributed by atoms with Crippen LogP contribution in [-0.2, 0) is 11.3 Å². The highest BCUT2D eigenvalue weighted by Crippen LogP contribution is 2.11.